The Bertz CT molecular complexity index is 814. The molecule has 6 heteroatoms. The van der Waals surface area contributed by atoms with E-state index in [1.807, 2.05) is 34.1 Å². The summed E-state index contributed by atoms with van der Waals surface area (Å²) in [5, 5.41) is 9.69. The quantitative estimate of drug-likeness (QED) is 0.781. The van der Waals surface area contributed by atoms with E-state index in [-0.39, 0.29) is 29.3 Å². The van der Waals surface area contributed by atoms with E-state index in [0.717, 1.165) is 56.7 Å². The van der Waals surface area contributed by atoms with E-state index < -0.39 is 0 Å². The molecule has 0 saturated carbocycles. The molecule has 2 amide bonds. The summed E-state index contributed by atoms with van der Waals surface area (Å²) in [6.07, 6.45) is 4.17. The average molecular weight is 442 g/mol. The first-order valence-electron chi connectivity index (χ1n) is 12.3. The van der Waals surface area contributed by atoms with Gasteiger partial charge in [0.15, 0.2) is 0 Å². The van der Waals surface area contributed by atoms with Crippen LogP contribution < -0.4 is 4.90 Å². The maximum Gasteiger partial charge on any atom is 0.253 e. The van der Waals surface area contributed by atoms with Gasteiger partial charge in [0.25, 0.3) is 5.91 Å². The van der Waals surface area contributed by atoms with E-state index >= 15 is 0 Å². The predicted molar refractivity (Wildman–Crippen MR) is 127 cm³/mol. The predicted octanol–water partition coefficient (Wildman–Crippen LogP) is 3.39. The lowest BCUT2D eigenvalue weighted by Crippen LogP contribution is -2.43. The fourth-order valence-electron chi connectivity index (χ4n) is 5.74. The highest BCUT2D eigenvalue weighted by Crippen LogP contribution is 2.33. The normalized spacial score (nSPS) is 26.8. The second-order valence-electron chi connectivity index (χ2n) is 11.0. The van der Waals surface area contributed by atoms with Crippen LogP contribution in [0.25, 0.3) is 0 Å². The first kappa shape index (κ1) is 23.1. The Morgan fingerprint density at radius 2 is 1.62 bits per heavy atom. The fourth-order valence-corrected chi connectivity index (χ4v) is 5.74. The van der Waals surface area contributed by atoms with Crippen LogP contribution in [0.4, 0.5) is 5.69 Å². The number of benzene rings is 1. The standard InChI is InChI=1S/C26H39N3O3/c1-19-16-26(2,3)11-15-29(17-19)24(31)20-4-6-22(7-5-20)28-12-8-21(18-28)25(32)27-13-9-23(30)10-14-27/h4-7,19,21,23,30H,8-18H2,1-3H3. The third-order valence-electron chi connectivity index (χ3n) is 7.57. The van der Waals surface area contributed by atoms with Crippen LogP contribution in [0.3, 0.4) is 0 Å². The molecule has 1 aromatic carbocycles. The lowest BCUT2D eigenvalue weighted by atomic mass is 9.82. The van der Waals surface area contributed by atoms with Gasteiger partial charge in [-0.3, -0.25) is 9.59 Å². The number of aliphatic hydroxyl groups excluding tert-OH is 1. The van der Waals surface area contributed by atoms with E-state index in [2.05, 4.69) is 25.7 Å². The van der Waals surface area contributed by atoms with E-state index in [4.69, 9.17) is 0 Å². The Labute approximate surface area is 192 Å². The van der Waals surface area contributed by atoms with Gasteiger partial charge in [-0.1, -0.05) is 20.8 Å². The van der Waals surface area contributed by atoms with Crippen molar-refractivity contribution in [2.75, 3.05) is 44.2 Å². The van der Waals surface area contributed by atoms with Crippen molar-refractivity contribution in [1.82, 2.24) is 9.80 Å². The SMILES string of the molecule is CC1CN(C(=O)c2ccc(N3CCC(C(=O)N4CCC(O)CC4)C3)cc2)CCC(C)(C)C1. The highest BCUT2D eigenvalue weighted by molar-refractivity contribution is 5.94. The van der Waals surface area contributed by atoms with Gasteiger partial charge in [-0.25, -0.2) is 0 Å². The molecule has 0 spiro atoms. The van der Waals surface area contributed by atoms with Crippen molar-refractivity contribution >= 4 is 17.5 Å². The molecule has 3 heterocycles. The van der Waals surface area contributed by atoms with Crippen molar-refractivity contribution in [3.05, 3.63) is 29.8 Å². The molecule has 0 aliphatic carbocycles. The number of nitrogens with zero attached hydrogens (tertiary/aromatic N) is 3. The van der Waals surface area contributed by atoms with Crippen LogP contribution >= 0.6 is 0 Å². The number of hydrogen-bond donors (Lipinski definition) is 1. The molecule has 0 aromatic heterocycles. The summed E-state index contributed by atoms with van der Waals surface area (Å²) in [5.41, 5.74) is 2.12. The number of carbonyl (C=O) groups excluding carboxylic acids is 2. The van der Waals surface area contributed by atoms with E-state index in [9.17, 15) is 14.7 Å². The minimum absolute atomic E-state index is 0.0218. The lowest BCUT2D eigenvalue weighted by molar-refractivity contribution is -0.136. The van der Waals surface area contributed by atoms with Gasteiger partial charge in [0, 0.05) is 50.5 Å². The van der Waals surface area contributed by atoms with Crippen LogP contribution in [-0.2, 0) is 4.79 Å². The van der Waals surface area contributed by atoms with Crippen LogP contribution in [0.2, 0.25) is 0 Å². The Hall–Kier alpha value is -2.08. The molecule has 3 saturated heterocycles. The first-order chi connectivity index (χ1) is 15.2. The van der Waals surface area contributed by atoms with Gasteiger partial charge in [-0.05, 0) is 67.7 Å². The summed E-state index contributed by atoms with van der Waals surface area (Å²) in [7, 11) is 0. The van der Waals surface area contributed by atoms with Crippen molar-refractivity contribution in [3.63, 3.8) is 0 Å². The van der Waals surface area contributed by atoms with Crippen LogP contribution in [0.15, 0.2) is 24.3 Å². The van der Waals surface area contributed by atoms with Gasteiger partial charge in [0.1, 0.15) is 0 Å². The summed E-state index contributed by atoms with van der Waals surface area (Å²) < 4.78 is 0. The van der Waals surface area contributed by atoms with Gasteiger partial charge in [0.2, 0.25) is 5.91 Å². The molecule has 2 atom stereocenters. The molecule has 1 N–H and O–H groups in total. The molecule has 3 aliphatic heterocycles. The second-order valence-corrected chi connectivity index (χ2v) is 11.0. The van der Waals surface area contributed by atoms with Crippen molar-refractivity contribution < 1.29 is 14.7 Å². The third-order valence-corrected chi connectivity index (χ3v) is 7.57. The molecular weight excluding hydrogens is 402 g/mol. The van der Waals surface area contributed by atoms with Gasteiger partial charge in [0.05, 0.1) is 12.0 Å². The molecule has 3 aliphatic rings. The van der Waals surface area contributed by atoms with Gasteiger partial charge in [-0.15, -0.1) is 0 Å². The Kier molecular flexibility index (Phi) is 6.80. The average Bonchev–Trinajstić information content (AvgIpc) is 3.21. The number of likely N-dealkylation sites (tertiary alicyclic amines) is 2. The summed E-state index contributed by atoms with van der Waals surface area (Å²) in [6, 6.07) is 7.95. The highest BCUT2D eigenvalue weighted by Gasteiger charge is 2.33. The van der Waals surface area contributed by atoms with Crippen LogP contribution in [0.1, 0.15) is 63.2 Å². The lowest BCUT2D eigenvalue weighted by Gasteiger charge is -2.31. The topological polar surface area (TPSA) is 64.1 Å². The Morgan fingerprint density at radius 1 is 0.938 bits per heavy atom. The number of anilines is 1. The molecule has 1 aromatic rings. The summed E-state index contributed by atoms with van der Waals surface area (Å²) in [6.45, 7) is 11.4. The Balaban J connectivity index is 1.35. The monoisotopic (exact) mass is 441 g/mol. The smallest absolute Gasteiger partial charge is 0.253 e. The number of aliphatic hydroxyl groups is 1. The van der Waals surface area contributed by atoms with Crippen LogP contribution in [-0.4, -0.2) is 72.1 Å². The zero-order chi connectivity index (χ0) is 22.9. The third kappa shape index (κ3) is 5.28. The minimum atomic E-state index is -0.260. The maximum absolute atomic E-state index is 13.1. The van der Waals surface area contributed by atoms with Gasteiger partial charge in [-0.2, -0.15) is 0 Å². The molecule has 4 rings (SSSR count). The van der Waals surface area contributed by atoms with Gasteiger partial charge < -0.3 is 19.8 Å². The largest absolute Gasteiger partial charge is 0.393 e. The number of piperidine rings is 1. The molecule has 32 heavy (non-hydrogen) atoms. The molecule has 6 nitrogen and oxygen atoms in total. The summed E-state index contributed by atoms with van der Waals surface area (Å²) in [4.78, 5) is 32.2. The Morgan fingerprint density at radius 3 is 2.31 bits per heavy atom. The van der Waals surface area contributed by atoms with Crippen molar-refractivity contribution in [1.29, 1.82) is 0 Å². The maximum atomic E-state index is 13.1. The van der Waals surface area contributed by atoms with E-state index in [0.29, 0.717) is 31.8 Å². The zero-order valence-electron chi connectivity index (χ0n) is 19.9. The number of hydrogen-bond acceptors (Lipinski definition) is 4. The molecular formula is C26H39N3O3. The van der Waals surface area contributed by atoms with Crippen LogP contribution in [0.5, 0.6) is 0 Å². The molecule has 2 unspecified atom stereocenters. The van der Waals surface area contributed by atoms with Gasteiger partial charge >= 0.3 is 0 Å². The molecule has 0 bridgehead atoms. The second kappa shape index (κ2) is 9.42. The first-order valence-corrected chi connectivity index (χ1v) is 12.3. The van der Waals surface area contributed by atoms with Crippen LogP contribution in [0, 0.1) is 17.3 Å². The number of carbonyl (C=O) groups is 2. The molecule has 176 valence electrons. The van der Waals surface area contributed by atoms with Crippen molar-refractivity contribution in [2.45, 2.75) is 59.0 Å². The minimum Gasteiger partial charge on any atom is -0.393 e. The van der Waals surface area contributed by atoms with E-state index in [1.165, 1.54) is 0 Å². The fraction of sp³-hybridized carbons (Fsp3) is 0.692. The summed E-state index contributed by atoms with van der Waals surface area (Å²) >= 11 is 0. The number of amides is 2. The van der Waals surface area contributed by atoms with Crippen molar-refractivity contribution in [3.8, 4) is 0 Å². The molecule has 3 fully saturated rings. The number of rotatable bonds is 3. The summed E-state index contributed by atoms with van der Waals surface area (Å²) in [5.74, 6) is 0.888. The van der Waals surface area contributed by atoms with Crippen molar-refractivity contribution in [2.24, 2.45) is 17.3 Å². The molecule has 0 radical (unpaired) electrons. The zero-order valence-corrected chi connectivity index (χ0v) is 19.9. The highest BCUT2D eigenvalue weighted by atomic mass is 16.3. The van der Waals surface area contributed by atoms with E-state index in [1.54, 1.807) is 0 Å².